The average Bonchev–Trinajstić information content (AvgIpc) is 2.93. The molecule has 1 aromatic rings. The molecule has 0 aromatic carbocycles. The van der Waals surface area contributed by atoms with Crippen molar-refractivity contribution in [2.75, 3.05) is 13.7 Å². The lowest BCUT2D eigenvalue weighted by Crippen LogP contribution is -2.41. The minimum atomic E-state index is -0.709. The standard InChI is InChI=1S/C11H14N2O4S/c1-6-9(18-5-12-6)10(15)13-4-7(14)3-8(13)11(16)17-2/h5,7-8,14H,3-4H2,1-2H3. The van der Waals surface area contributed by atoms with E-state index in [9.17, 15) is 14.7 Å². The molecule has 0 aliphatic carbocycles. The average molecular weight is 270 g/mol. The van der Waals surface area contributed by atoms with Crippen LogP contribution in [0.2, 0.25) is 0 Å². The SMILES string of the molecule is COC(=O)C1CC(O)CN1C(=O)c1scnc1C. The molecule has 18 heavy (non-hydrogen) atoms. The molecule has 1 N–H and O–H groups in total. The highest BCUT2D eigenvalue weighted by molar-refractivity contribution is 7.11. The molecular weight excluding hydrogens is 256 g/mol. The lowest BCUT2D eigenvalue weighted by atomic mass is 10.2. The molecule has 6 nitrogen and oxygen atoms in total. The molecule has 0 spiro atoms. The number of aliphatic hydroxyl groups excluding tert-OH is 1. The monoisotopic (exact) mass is 270 g/mol. The van der Waals surface area contributed by atoms with Crippen LogP contribution in [0, 0.1) is 6.92 Å². The third-order valence-electron chi connectivity index (χ3n) is 2.95. The molecule has 2 heterocycles. The maximum atomic E-state index is 12.3. The molecular formula is C11H14N2O4S. The van der Waals surface area contributed by atoms with E-state index in [0.29, 0.717) is 10.6 Å². The minimum absolute atomic E-state index is 0.149. The van der Waals surface area contributed by atoms with Crippen LogP contribution < -0.4 is 0 Å². The summed E-state index contributed by atoms with van der Waals surface area (Å²) in [4.78, 5) is 29.7. The van der Waals surface area contributed by atoms with Crippen molar-refractivity contribution in [3.05, 3.63) is 16.1 Å². The number of ether oxygens (including phenoxy) is 1. The highest BCUT2D eigenvalue weighted by Crippen LogP contribution is 2.24. The van der Waals surface area contributed by atoms with Gasteiger partial charge in [0.15, 0.2) is 0 Å². The first-order valence-corrected chi connectivity index (χ1v) is 6.39. The van der Waals surface area contributed by atoms with Gasteiger partial charge in [-0.2, -0.15) is 0 Å². The van der Waals surface area contributed by atoms with E-state index in [1.165, 1.54) is 23.3 Å². The summed E-state index contributed by atoms with van der Waals surface area (Å²) in [6.45, 7) is 1.89. The second kappa shape index (κ2) is 5.03. The molecule has 0 bridgehead atoms. The number of rotatable bonds is 2. The number of aryl methyl sites for hydroxylation is 1. The van der Waals surface area contributed by atoms with E-state index in [4.69, 9.17) is 0 Å². The second-order valence-electron chi connectivity index (χ2n) is 4.15. The van der Waals surface area contributed by atoms with Crippen LogP contribution >= 0.6 is 11.3 Å². The molecule has 1 aliphatic rings. The fourth-order valence-electron chi connectivity index (χ4n) is 2.04. The molecule has 2 unspecified atom stereocenters. The van der Waals surface area contributed by atoms with Gasteiger partial charge in [-0.1, -0.05) is 0 Å². The number of esters is 1. The van der Waals surface area contributed by atoms with E-state index < -0.39 is 18.1 Å². The lowest BCUT2D eigenvalue weighted by Gasteiger charge is -2.21. The number of likely N-dealkylation sites (tertiary alicyclic amines) is 1. The van der Waals surface area contributed by atoms with Crippen LogP contribution in [-0.4, -0.2) is 52.7 Å². The number of aromatic nitrogens is 1. The van der Waals surface area contributed by atoms with Crippen molar-refractivity contribution in [3.8, 4) is 0 Å². The van der Waals surface area contributed by atoms with Crippen molar-refractivity contribution in [2.24, 2.45) is 0 Å². The summed E-state index contributed by atoms with van der Waals surface area (Å²) in [6.07, 6.45) is -0.470. The molecule has 1 aromatic heterocycles. The van der Waals surface area contributed by atoms with Crippen LogP contribution in [0.3, 0.4) is 0 Å². The Morgan fingerprint density at radius 1 is 1.61 bits per heavy atom. The fourth-order valence-corrected chi connectivity index (χ4v) is 2.79. The van der Waals surface area contributed by atoms with Crippen molar-refractivity contribution in [2.45, 2.75) is 25.5 Å². The van der Waals surface area contributed by atoms with Crippen molar-refractivity contribution >= 4 is 23.2 Å². The Bertz CT molecular complexity index is 473. The number of amides is 1. The van der Waals surface area contributed by atoms with E-state index in [2.05, 4.69) is 9.72 Å². The number of carbonyl (C=O) groups is 2. The number of methoxy groups -OCH3 is 1. The normalized spacial score (nSPS) is 23.2. The Kier molecular flexibility index (Phi) is 3.63. The zero-order valence-electron chi connectivity index (χ0n) is 10.1. The first-order valence-electron chi connectivity index (χ1n) is 5.51. The summed E-state index contributed by atoms with van der Waals surface area (Å²) in [5, 5.41) is 9.62. The number of hydrogen-bond donors (Lipinski definition) is 1. The number of thiazole rings is 1. The van der Waals surface area contributed by atoms with Gasteiger partial charge in [-0.25, -0.2) is 9.78 Å². The smallest absolute Gasteiger partial charge is 0.328 e. The van der Waals surface area contributed by atoms with Gasteiger partial charge in [-0.3, -0.25) is 4.79 Å². The molecule has 0 saturated carbocycles. The van der Waals surface area contributed by atoms with Gasteiger partial charge in [0.2, 0.25) is 0 Å². The number of β-amino-alcohol motifs (C(OH)–C–C–N with tert-alkyl or cyclic N) is 1. The van der Waals surface area contributed by atoms with Crippen LogP contribution in [0.15, 0.2) is 5.51 Å². The first-order chi connectivity index (χ1) is 8.54. The fraction of sp³-hybridized carbons (Fsp3) is 0.545. The molecule has 2 rings (SSSR count). The molecule has 0 radical (unpaired) electrons. The van der Waals surface area contributed by atoms with Gasteiger partial charge < -0.3 is 14.7 Å². The van der Waals surface area contributed by atoms with Gasteiger partial charge in [0.25, 0.3) is 5.91 Å². The summed E-state index contributed by atoms with van der Waals surface area (Å²) in [5.74, 6) is -0.774. The maximum absolute atomic E-state index is 12.3. The molecule has 1 fully saturated rings. The summed E-state index contributed by atoms with van der Waals surface area (Å²) < 4.78 is 4.65. The van der Waals surface area contributed by atoms with E-state index in [1.54, 1.807) is 12.4 Å². The topological polar surface area (TPSA) is 79.7 Å². The zero-order chi connectivity index (χ0) is 13.3. The largest absolute Gasteiger partial charge is 0.467 e. The summed E-state index contributed by atoms with van der Waals surface area (Å²) >= 11 is 1.23. The van der Waals surface area contributed by atoms with Gasteiger partial charge in [0.1, 0.15) is 10.9 Å². The van der Waals surface area contributed by atoms with E-state index in [1.807, 2.05) is 0 Å². The Morgan fingerprint density at radius 3 is 2.89 bits per heavy atom. The van der Waals surface area contributed by atoms with Gasteiger partial charge in [-0.15, -0.1) is 11.3 Å². The lowest BCUT2D eigenvalue weighted by molar-refractivity contribution is -0.145. The molecule has 1 amide bonds. The summed E-state index contributed by atoms with van der Waals surface area (Å²) in [7, 11) is 1.27. The van der Waals surface area contributed by atoms with Crippen molar-refractivity contribution in [1.29, 1.82) is 0 Å². The Labute approximate surface area is 108 Å². The van der Waals surface area contributed by atoms with E-state index >= 15 is 0 Å². The quantitative estimate of drug-likeness (QED) is 0.777. The number of hydrogen-bond acceptors (Lipinski definition) is 6. The summed E-state index contributed by atoms with van der Waals surface area (Å²) in [6, 6.07) is -0.709. The number of carbonyl (C=O) groups excluding carboxylic acids is 2. The van der Waals surface area contributed by atoms with Gasteiger partial charge in [-0.05, 0) is 6.92 Å². The molecule has 1 saturated heterocycles. The summed E-state index contributed by atoms with van der Waals surface area (Å²) in [5.41, 5.74) is 2.22. The predicted molar refractivity (Wildman–Crippen MR) is 64.3 cm³/mol. The molecule has 1 aliphatic heterocycles. The van der Waals surface area contributed by atoms with Crippen molar-refractivity contribution in [1.82, 2.24) is 9.88 Å². The Morgan fingerprint density at radius 2 is 2.33 bits per heavy atom. The molecule has 98 valence electrons. The minimum Gasteiger partial charge on any atom is -0.467 e. The van der Waals surface area contributed by atoms with Crippen LogP contribution in [-0.2, 0) is 9.53 Å². The Hall–Kier alpha value is -1.47. The maximum Gasteiger partial charge on any atom is 0.328 e. The highest BCUT2D eigenvalue weighted by Gasteiger charge is 2.40. The van der Waals surface area contributed by atoms with Crippen LogP contribution in [0.5, 0.6) is 0 Å². The van der Waals surface area contributed by atoms with Crippen LogP contribution in [0.4, 0.5) is 0 Å². The molecule has 7 heteroatoms. The van der Waals surface area contributed by atoms with Crippen molar-refractivity contribution < 1.29 is 19.4 Å². The van der Waals surface area contributed by atoms with E-state index in [-0.39, 0.29) is 18.9 Å². The Balaban J connectivity index is 2.23. The van der Waals surface area contributed by atoms with Gasteiger partial charge in [0.05, 0.1) is 24.4 Å². The van der Waals surface area contributed by atoms with Crippen LogP contribution in [0.25, 0.3) is 0 Å². The van der Waals surface area contributed by atoms with Gasteiger partial charge in [0, 0.05) is 13.0 Å². The highest BCUT2D eigenvalue weighted by atomic mass is 32.1. The third kappa shape index (κ3) is 2.23. The predicted octanol–water partition coefficient (Wildman–Crippen LogP) is 0.200. The number of nitrogens with zero attached hydrogens (tertiary/aromatic N) is 2. The first kappa shape index (κ1) is 13.0. The molecule has 2 atom stereocenters. The van der Waals surface area contributed by atoms with Crippen LogP contribution in [0.1, 0.15) is 21.8 Å². The van der Waals surface area contributed by atoms with E-state index in [0.717, 1.165) is 0 Å². The number of aliphatic hydroxyl groups is 1. The third-order valence-corrected chi connectivity index (χ3v) is 3.87. The zero-order valence-corrected chi connectivity index (χ0v) is 10.9. The van der Waals surface area contributed by atoms with Crippen molar-refractivity contribution in [3.63, 3.8) is 0 Å². The second-order valence-corrected chi connectivity index (χ2v) is 5.01. The van der Waals surface area contributed by atoms with Gasteiger partial charge >= 0.3 is 5.97 Å².